The summed E-state index contributed by atoms with van der Waals surface area (Å²) in [5, 5.41) is 7.57. The molecular formula is C11H22N4O. The topological polar surface area (TPSA) is 42.3 Å². The average molecular weight is 226 g/mol. The van der Waals surface area contributed by atoms with Crippen molar-refractivity contribution >= 4 is 0 Å². The van der Waals surface area contributed by atoms with Crippen LogP contribution < -0.4 is 10.1 Å². The highest BCUT2D eigenvalue weighted by molar-refractivity contribution is 5.27. The Kier molecular flexibility index (Phi) is 4.76. The predicted octanol–water partition coefficient (Wildman–Crippen LogP) is 0.734. The molecule has 0 bridgehead atoms. The molecular weight excluding hydrogens is 204 g/mol. The van der Waals surface area contributed by atoms with Crippen LogP contribution in [0, 0.1) is 0 Å². The molecule has 0 spiro atoms. The molecule has 0 aliphatic heterocycles. The monoisotopic (exact) mass is 226 g/mol. The number of nitrogens with zero attached hydrogens (tertiary/aromatic N) is 3. The van der Waals surface area contributed by atoms with Crippen LogP contribution in [-0.4, -0.2) is 49.5 Å². The average Bonchev–Trinajstić information content (AvgIpc) is 2.68. The Bertz CT molecular complexity index is 322. The molecule has 0 fully saturated rings. The minimum atomic E-state index is 0.236. The van der Waals surface area contributed by atoms with Crippen molar-refractivity contribution in [2.45, 2.75) is 19.5 Å². The van der Waals surface area contributed by atoms with Crippen molar-refractivity contribution in [3.8, 4) is 5.75 Å². The predicted molar refractivity (Wildman–Crippen MR) is 64.8 cm³/mol. The van der Waals surface area contributed by atoms with Crippen molar-refractivity contribution in [1.29, 1.82) is 0 Å². The van der Waals surface area contributed by atoms with Gasteiger partial charge in [-0.2, -0.15) is 5.10 Å². The summed E-state index contributed by atoms with van der Waals surface area (Å²) in [4.78, 5) is 2.14. The fourth-order valence-electron chi connectivity index (χ4n) is 1.58. The van der Waals surface area contributed by atoms with Crippen LogP contribution in [0.4, 0.5) is 0 Å². The van der Waals surface area contributed by atoms with Crippen LogP contribution in [0.5, 0.6) is 5.75 Å². The lowest BCUT2D eigenvalue weighted by Crippen LogP contribution is -2.23. The Balaban J connectivity index is 2.86. The minimum absolute atomic E-state index is 0.236. The third-order valence-corrected chi connectivity index (χ3v) is 2.67. The van der Waals surface area contributed by atoms with Crippen molar-refractivity contribution in [2.75, 3.05) is 34.8 Å². The second-order valence-corrected chi connectivity index (χ2v) is 4.13. The van der Waals surface area contributed by atoms with Gasteiger partial charge in [0.05, 0.1) is 25.5 Å². The highest BCUT2D eigenvalue weighted by Crippen LogP contribution is 2.24. The van der Waals surface area contributed by atoms with Gasteiger partial charge in [0.25, 0.3) is 0 Å². The zero-order valence-electron chi connectivity index (χ0n) is 10.8. The van der Waals surface area contributed by atoms with Crippen LogP contribution in [0.3, 0.4) is 0 Å². The molecule has 5 nitrogen and oxygen atoms in total. The summed E-state index contributed by atoms with van der Waals surface area (Å²) in [6, 6.07) is 0.236. The zero-order chi connectivity index (χ0) is 12.1. The molecule has 0 saturated heterocycles. The number of aromatic nitrogens is 2. The molecule has 0 aliphatic carbocycles. The molecule has 16 heavy (non-hydrogen) atoms. The normalized spacial score (nSPS) is 13.1. The first-order valence-corrected chi connectivity index (χ1v) is 5.51. The Labute approximate surface area is 97.4 Å². The van der Waals surface area contributed by atoms with Gasteiger partial charge in [0.1, 0.15) is 0 Å². The molecule has 0 aromatic carbocycles. The lowest BCUT2D eigenvalue weighted by atomic mass is 10.2. The molecule has 92 valence electrons. The lowest BCUT2D eigenvalue weighted by molar-refractivity contribution is 0.359. The van der Waals surface area contributed by atoms with E-state index in [1.807, 2.05) is 11.7 Å². The third-order valence-electron chi connectivity index (χ3n) is 2.67. The Morgan fingerprint density at radius 2 is 2.25 bits per heavy atom. The largest absolute Gasteiger partial charge is 0.493 e. The summed E-state index contributed by atoms with van der Waals surface area (Å²) in [5.74, 6) is 0.848. The molecule has 0 amide bonds. The number of ether oxygens (including phenoxy) is 1. The summed E-state index contributed by atoms with van der Waals surface area (Å²) < 4.78 is 7.32. The van der Waals surface area contributed by atoms with Crippen molar-refractivity contribution in [1.82, 2.24) is 20.0 Å². The maximum atomic E-state index is 5.32. The molecule has 0 saturated carbocycles. The van der Waals surface area contributed by atoms with E-state index in [2.05, 4.69) is 36.3 Å². The quantitative estimate of drug-likeness (QED) is 0.776. The maximum absolute atomic E-state index is 5.32. The third kappa shape index (κ3) is 2.96. The first-order chi connectivity index (χ1) is 7.60. The highest BCUT2D eigenvalue weighted by atomic mass is 16.5. The van der Waals surface area contributed by atoms with Gasteiger partial charge < -0.3 is 15.0 Å². The Morgan fingerprint density at radius 3 is 2.75 bits per heavy atom. The summed E-state index contributed by atoms with van der Waals surface area (Å²) in [6.07, 6.45) is 1.78. The smallest absolute Gasteiger partial charge is 0.161 e. The van der Waals surface area contributed by atoms with E-state index in [1.54, 1.807) is 13.3 Å². The van der Waals surface area contributed by atoms with Gasteiger partial charge in [-0.25, -0.2) is 0 Å². The number of likely N-dealkylation sites (N-methyl/N-ethyl adjacent to an activating group) is 1. The van der Waals surface area contributed by atoms with Gasteiger partial charge >= 0.3 is 0 Å². The van der Waals surface area contributed by atoms with E-state index in [0.717, 1.165) is 24.5 Å². The molecule has 1 rings (SSSR count). The van der Waals surface area contributed by atoms with Crippen molar-refractivity contribution in [3.05, 3.63) is 11.9 Å². The molecule has 0 radical (unpaired) electrons. The Hall–Kier alpha value is -1.07. The molecule has 1 aromatic rings. The van der Waals surface area contributed by atoms with Crippen LogP contribution in [0.25, 0.3) is 0 Å². The number of methoxy groups -OCH3 is 1. The van der Waals surface area contributed by atoms with Gasteiger partial charge in [0.2, 0.25) is 0 Å². The van der Waals surface area contributed by atoms with E-state index in [0.29, 0.717) is 0 Å². The highest BCUT2D eigenvalue weighted by Gasteiger charge is 2.16. The first kappa shape index (κ1) is 13.0. The summed E-state index contributed by atoms with van der Waals surface area (Å²) in [7, 11) is 7.73. The number of rotatable bonds is 6. The molecule has 1 N–H and O–H groups in total. The van der Waals surface area contributed by atoms with E-state index in [-0.39, 0.29) is 6.04 Å². The van der Waals surface area contributed by atoms with E-state index in [4.69, 9.17) is 4.74 Å². The molecule has 1 aromatic heterocycles. The maximum Gasteiger partial charge on any atom is 0.161 e. The van der Waals surface area contributed by atoms with Crippen LogP contribution in [0.1, 0.15) is 18.7 Å². The van der Waals surface area contributed by atoms with E-state index >= 15 is 0 Å². The molecule has 1 unspecified atom stereocenters. The number of hydrogen-bond donors (Lipinski definition) is 1. The van der Waals surface area contributed by atoms with E-state index < -0.39 is 0 Å². The van der Waals surface area contributed by atoms with Gasteiger partial charge in [-0.1, -0.05) is 0 Å². The van der Waals surface area contributed by atoms with Gasteiger partial charge in [-0.05, 0) is 28.1 Å². The van der Waals surface area contributed by atoms with Gasteiger partial charge in [-0.15, -0.1) is 0 Å². The van der Waals surface area contributed by atoms with E-state index in [1.165, 1.54) is 0 Å². The number of hydrogen-bond acceptors (Lipinski definition) is 4. The van der Waals surface area contributed by atoms with Gasteiger partial charge in [0.15, 0.2) is 5.75 Å². The second kappa shape index (κ2) is 5.86. The Morgan fingerprint density at radius 1 is 1.56 bits per heavy atom. The van der Waals surface area contributed by atoms with Crippen LogP contribution in [-0.2, 0) is 6.54 Å². The minimum Gasteiger partial charge on any atom is -0.493 e. The van der Waals surface area contributed by atoms with Crippen LogP contribution in [0.2, 0.25) is 0 Å². The molecule has 1 heterocycles. The van der Waals surface area contributed by atoms with Crippen molar-refractivity contribution < 1.29 is 4.74 Å². The second-order valence-electron chi connectivity index (χ2n) is 4.13. The molecule has 1 atom stereocenters. The van der Waals surface area contributed by atoms with E-state index in [9.17, 15) is 0 Å². The van der Waals surface area contributed by atoms with Crippen molar-refractivity contribution in [2.24, 2.45) is 0 Å². The van der Waals surface area contributed by atoms with Crippen molar-refractivity contribution in [3.63, 3.8) is 0 Å². The zero-order valence-corrected chi connectivity index (χ0v) is 10.8. The summed E-state index contributed by atoms with van der Waals surface area (Å²) in [5.41, 5.74) is 1.10. The standard InChI is InChI=1S/C11H22N4O/c1-9(12-2)11-10(16-5)8-13-15(11)7-6-14(3)4/h8-9,12H,6-7H2,1-5H3. The van der Waals surface area contributed by atoms with Gasteiger partial charge in [-0.3, -0.25) is 4.68 Å². The van der Waals surface area contributed by atoms with Crippen LogP contribution >= 0.6 is 0 Å². The lowest BCUT2D eigenvalue weighted by Gasteiger charge is -2.16. The molecule has 0 aliphatic rings. The fraction of sp³-hybridized carbons (Fsp3) is 0.727. The van der Waals surface area contributed by atoms with Gasteiger partial charge in [0, 0.05) is 12.6 Å². The number of nitrogens with one attached hydrogen (secondary N) is 1. The molecule has 5 heteroatoms. The first-order valence-electron chi connectivity index (χ1n) is 5.51. The SMILES string of the molecule is CNC(C)c1c(OC)cnn1CCN(C)C. The van der Waals surface area contributed by atoms with Crippen LogP contribution in [0.15, 0.2) is 6.20 Å². The fourth-order valence-corrected chi connectivity index (χ4v) is 1.58. The summed E-state index contributed by atoms with van der Waals surface area (Å²) >= 11 is 0. The summed E-state index contributed by atoms with van der Waals surface area (Å²) in [6.45, 7) is 3.94.